The Morgan fingerprint density at radius 2 is 1.87 bits per heavy atom. The molecule has 0 amide bonds. The van der Waals surface area contributed by atoms with Gasteiger partial charge in [0.25, 0.3) is 0 Å². The first-order valence-corrected chi connectivity index (χ1v) is 11.4. The van der Waals surface area contributed by atoms with Crippen LogP contribution in [-0.2, 0) is 10.9 Å². The van der Waals surface area contributed by atoms with Gasteiger partial charge in [0.2, 0.25) is 0 Å². The molecule has 1 aromatic rings. The van der Waals surface area contributed by atoms with Crippen molar-refractivity contribution in [3.05, 3.63) is 29.8 Å². The lowest BCUT2D eigenvalue weighted by Gasteiger charge is -2.43. The van der Waals surface area contributed by atoms with Crippen LogP contribution in [0.5, 0.6) is 0 Å². The van der Waals surface area contributed by atoms with Gasteiger partial charge in [-0.05, 0) is 54.2 Å². The average molecular weight is 441 g/mol. The largest absolute Gasteiger partial charge is 0.416 e. The maximum Gasteiger partial charge on any atom is 0.416 e. The van der Waals surface area contributed by atoms with E-state index in [0.29, 0.717) is 50.9 Å². The Morgan fingerprint density at radius 1 is 1.16 bits per heavy atom. The fourth-order valence-corrected chi connectivity index (χ4v) is 6.30. The molecule has 3 aliphatic rings. The van der Waals surface area contributed by atoms with E-state index >= 15 is 0 Å². The molecule has 2 saturated carbocycles. The summed E-state index contributed by atoms with van der Waals surface area (Å²) < 4.78 is 45.2. The number of β-amino-alcohol motifs (C(OH)–C–C–N with tert-alkyl or cyclic N) is 1. The number of fused-ring (bicyclic) bond motifs is 2. The Bertz CT molecular complexity index is 772. The van der Waals surface area contributed by atoms with Crippen LogP contribution in [-0.4, -0.2) is 61.5 Å². The monoisotopic (exact) mass is 440 g/mol. The van der Waals surface area contributed by atoms with Crippen molar-refractivity contribution in [3.8, 4) is 0 Å². The molecule has 0 radical (unpaired) electrons. The van der Waals surface area contributed by atoms with E-state index in [1.807, 2.05) is 4.90 Å². The molecule has 2 aliphatic carbocycles. The van der Waals surface area contributed by atoms with Crippen LogP contribution in [0.1, 0.15) is 45.6 Å². The van der Waals surface area contributed by atoms with Crippen LogP contribution in [0, 0.1) is 16.7 Å². The molecule has 4 atom stereocenters. The number of aliphatic hydroxyl groups is 1. The highest BCUT2D eigenvalue weighted by Gasteiger charge is 2.60. The number of alkyl halides is 3. The van der Waals surface area contributed by atoms with Gasteiger partial charge in [-0.3, -0.25) is 4.90 Å². The summed E-state index contributed by atoms with van der Waals surface area (Å²) >= 11 is 0. The molecule has 3 fully saturated rings. The quantitative estimate of drug-likeness (QED) is 0.711. The summed E-state index contributed by atoms with van der Waals surface area (Å²) in [5.41, 5.74) is 0.371. The molecule has 174 valence electrons. The summed E-state index contributed by atoms with van der Waals surface area (Å²) in [5, 5.41) is 10.6. The maximum absolute atomic E-state index is 13.0. The van der Waals surface area contributed by atoms with E-state index in [-0.39, 0.29) is 16.9 Å². The van der Waals surface area contributed by atoms with Gasteiger partial charge in [-0.2, -0.15) is 13.2 Å². The van der Waals surface area contributed by atoms with Gasteiger partial charge in [0.1, 0.15) is 0 Å². The van der Waals surface area contributed by atoms with E-state index in [1.54, 1.807) is 6.07 Å². The molecule has 4 unspecified atom stereocenters. The number of aliphatic hydroxyl groups excluding tert-OH is 1. The van der Waals surface area contributed by atoms with Gasteiger partial charge in [-0.25, -0.2) is 0 Å². The van der Waals surface area contributed by atoms with Gasteiger partial charge in [-0.15, -0.1) is 0 Å². The third-order valence-corrected chi connectivity index (χ3v) is 7.97. The van der Waals surface area contributed by atoms with Crippen molar-refractivity contribution in [2.75, 3.05) is 44.2 Å². The lowest BCUT2D eigenvalue weighted by atomic mass is 9.70. The summed E-state index contributed by atoms with van der Waals surface area (Å²) in [6.07, 6.45) is -0.990. The Balaban J connectivity index is 1.25. The highest BCUT2D eigenvalue weighted by molar-refractivity contribution is 5.49. The average Bonchev–Trinajstić information content (AvgIpc) is 3.19. The minimum atomic E-state index is -4.33. The molecule has 1 aliphatic heterocycles. The lowest BCUT2D eigenvalue weighted by Crippen LogP contribution is -2.50. The number of hydrogen-bond donors (Lipinski definition) is 1. The SMILES string of the molecule is CC12CCC(C1)C(C)(C)C2OCC(O)CN1CCN(c2cccc(C(F)(F)F)c2)CC1. The predicted molar refractivity (Wildman–Crippen MR) is 115 cm³/mol. The standard InChI is InChI=1S/C24H35F3N2O2/c1-22(2)18-7-8-23(3,14-18)21(22)31-16-20(30)15-28-9-11-29(12-10-28)19-6-4-5-17(13-19)24(25,26)27/h4-6,13,18,20-21,30H,7-12,14-16H2,1-3H3. The van der Waals surface area contributed by atoms with Crippen LogP contribution in [0.4, 0.5) is 18.9 Å². The van der Waals surface area contributed by atoms with E-state index in [0.717, 1.165) is 6.07 Å². The minimum Gasteiger partial charge on any atom is -0.389 e. The van der Waals surface area contributed by atoms with Crippen molar-refractivity contribution in [1.29, 1.82) is 0 Å². The molecule has 1 heterocycles. The summed E-state index contributed by atoms with van der Waals surface area (Å²) in [7, 11) is 0. The van der Waals surface area contributed by atoms with Crippen LogP contribution >= 0.6 is 0 Å². The summed E-state index contributed by atoms with van der Waals surface area (Å²) in [6.45, 7) is 10.5. The van der Waals surface area contributed by atoms with Crippen LogP contribution < -0.4 is 4.90 Å². The Kier molecular flexibility index (Phi) is 6.07. The second-order valence-corrected chi connectivity index (χ2v) is 10.6. The Labute approximate surface area is 183 Å². The lowest BCUT2D eigenvalue weighted by molar-refractivity contribution is -0.137. The molecular formula is C24H35F3N2O2. The molecule has 0 aromatic heterocycles. The Morgan fingerprint density at radius 3 is 2.48 bits per heavy atom. The van der Waals surface area contributed by atoms with Crippen molar-refractivity contribution < 1.29 is 23.0 Å². The van der Waals surface area contributed by atoms with Crippen LogP contribution in [0.15, 0.2) is 24.3 Å². The van der Waals surface area contributed by atoms with Gasteiger partial charge in [0, 0.05) is 38.4 Å². The zero-order valence-electron chi connectivity index (χ0n) is 18.8. The third-order valence-electron chi connectivity index (χ3n) is 7.97. The van der Waals surface area contributed by atoms with Crippen LogP contribution in [0.2, 0.25) is 0 Å². The van der Waals surface area contributed by atoms with Gasteiger partial charge in [0.05, 0.1) is 24.4 Å². The fourth-order valence-electron chi connectivity index (χ4n) is 6.30. The highest BCUT2D eigenvalue weighted by Crippen LogP contribution is 2.63. The molecule has 4 rings (SSSR count). The number of piperazine rings is 1. The van der Waals surface area contributed by atoms with E-state index in [4.69, 9.17) is 4.74 Å². The molecule has 4 nitrogen and oxygen atoms in total. The molecule has 1 saturated heterocycles. The first kappa shape index (κ1) is 22.9. The number of nitrogens with zero attached hydrogens (tertiary/aromatic N) is 2. The smallest absolute Gasteiger partial charge is 0.389 e. The topological polar surface area (TPSA) is 35.9 Å². The molecule has 1 N–H and O–H groups in total. The first-order valence-electron chi connectivity index (χ1n) is 11.4. The molecule has 31 heavy (non-hydrogen) atoms. The zero-order valence-corrected chi connectivity index (χ0v) is 18.8. The number of benzene rings is 1. The van der Waals surface area contributed by atoms with Crippen molar-refractivity contribution >= 4 is 5.69 Å². The van der Waals surface area contributed by atoms with Crippen LogP contribution in [0.25, 0.3) is 0 Å². The van der Waals surface area contributed by atoms with Crippen molar-refractivity contribution in [1.82, 2.24) is 4.90 Å². The predicted octanol–water partition coefficient (Wildman–Crippen LogP) is 4.42. The van der Waals surface area contributed by atoms with E-state index in [2.05, 4.69) is 25.7 Å². The van der Waals surface area contributed by atoms with Crippen molar-refractivity contribution in [3.63, 3.8) is 0 Å². The number of anilines is 1. The number of rotatable bonds is 6. The minimum absolute atomic E-state index is 0.156. The van der Waals surface area contributed by atoms with E-state index in [1.165, 1.54) is 31.4 Å². The first-order chi connectivity index (χ1) is 14.5. The van der Waals surface area contributed by atoms with Crippen LogP contribution in [0.3, 0.4) is 0 Å². The third kappa shape index (κ3) is 4.60. The van der Waals surface area contributed by atoms with E-state index < -0.39 is 17.8 Å². The summed E-state index contributed by atoms with van der Waals surface area (Å²) in [6, 6.07) is 5.51. The number of hydrogen-bond acceptors (Lipinski definition) is 4. The second kappa shape index (κ2) is 8.23. The van der Waals surface area contributed by atoms with Crippen molar-refractivity contribution in [2.24, 2.45) is 16.7 Å². The highest BCUT2D eigenvalue weighted by atomic mass is 19.4. The Hall–Kier alpha value is -1.31. The van der Waals surface area contributed by atoms with Gasteiger partial charge < -0.3 is 14.7 Å². The van der Waals surface area contributed by atoms with Gasteiger partial charge in [0.15, 0.2) is 0 Å². The maximum atomic E-state index is 13.0. The molecule has 1 aromatic carbocycles. The van der Waals surface area contributed by atoms with Gasteiger partial charge >= 0.3 is 6.18 Å². The van der Waals surface area contributed by atoms with Gasteiger partial charge in [-0.1, -0.05) is 26.8 Å². The molecule has 7 heteroatoms. The fraction of sp³-hybridized carbons (Fsp3) is 0.750. The summed E-state index contributed by atoms with van der Waals surface area (Å²) in [5.74, 6) is 0.712. The summed E-state index contributed by atoms with van der Waals surface area (Å²) in [4.78, 5) is 4.15. The van der Waals surface area contributed by atoms with Crippen molar-refractivity contribution in [2.45, 2.75) is 58.4 Å². The molecule has 2 bridgehead atoms. The number of ether oxygens (including phenoxy) is 1. The molecular weight excluding hydrogens is 405 g/mol. The normalized spacial score (nSPS) is 31.9. The second-order valence-electron chi connectivity index (χ2n) is 10.6. The zero-order chi connectivity index (χ0) is 22.4. The molecule has 0 spiro atoms. The number of halogens is 3. The van der Waals surface area contributed by atoms with E-state index in [9.17, 15) is 18.3 Å².